The summed E-state index contributed by atoms with van der Waals surface area (Å²) in [5.74, 6) is -1.99. The molecule has 0 radical (unpaired) electrons. The molecule has 0 atom stereocenters. The second-order valence-electron chi connectivity index (χ2n) is 3.39. The Bertz CT molecular complexity index is 552. The van der Waals surface area contributed by atoms with Crippen molar-refractivity contribution in [2.45, 2.75) is 0 Å². The Labute approximate surface area is 192 Å². The number of rotatable bonds is 2. The summed E-state index contributed by atoms with van der Waals surface area (Å²) in [6.45, 7) is 0. The molecule has 0 heterocycles. The van der Waals surface area contributed by atoms with E-state index in [1.54, 1.807) is 12.1 Å². The van der Waals surface area contributed by atoms with Gasteiger partial charge in [-0.05, 0) is 35.0 Å². The predicted molar refractivity (Wildman–Crippen MR) is 60.1 cm³/mol. The van der Waals surface area contributed by atoms with Gasteiger partial charge in [-0.3, -0.25) is 0 Å². The van der Waals surface area contributed by atoms with Crippen molar-refractivity contribution in [3.8, 4) is 0 Å². The van der Waals surface area contributed by atoms with E-state index in [2.05, 4.69) is 0 Å². The molecule has 0 bridgehead atoms. The quantitative estimate of drug-likeness (QED) is 0.563. The summed E-state index contributed by atoms with van der Waals surface area (Å²) < 4.78 is 0. The molecule has 0 aliphatic carbocycles. The molecule has 84 valence electrons. The van der Waals surface area contributed by atoms with Crippen LogP contribution in [0.3, 0.4) is 0 Å². The number of aromatic carboxylic acids is 2. The molecule has 6 heteroatoms. The van der Waals surface area contributed by atoms with Crippen LogP contribution in [0.4, 0.5) is 0 Å². The van der Waals surface area contributed by atoms with Crippen LogP contribution in [0, 0.1) is 0 Å². The third kappa shape index (κ3) is 4.48. The van der Waals surface area contributed by atoms with Crippen molar-refractivity contribution in [3.05, 3.63) is 47.5 Å². The van der Waals surface area contributed by atoms with Crippen LogP contribution in [-0.2, 0) is 0 Å². The van der Waals surface area contributed by atoms with E-state index >= 15 is 0 Å². The Morgan fingerprint density at radius 1 is 0.778 bits per heavy atom. The maximum Gasteiger partial charge on any atom is 1.00 e. The van der Waals surface area contributed by atoms with Crippen LogP contribution < -0.4 is 103 Å². The Hall–Kier alpha value is 0.913. The van der Waals surface area contributed by atoms with E-state index in [0.717, 1.165) is 0 Å². The van der Waals surface area contributed by atoms with E-state index in [9.17, 15) is 9.59 Å². The first-order valence-electron chi connectivity index (χ1n) is 4.58. The van der Waals surface area contributed by atoms with Gasteiger partial charge in [0.25, 0.3) is 0 Å². The van der Waals surface area contributed by atoms with Gasteiger partial charge in [-0.25, -0.2) is 9.59 Å². The Morgan fingerprint density at radius 3 is 1.39 bits per heavy atom. The standard InChI is InChI=1S/C12H8O4.2K.2H/c13-11(14)9-3-1-7-5-10(12(15)16)4-2-8(7)6-9;;;;/h1-6H,(H,13,14)(H,15,16);;;;/q;2*+1;2*-1. The summed E-state index contributed by atoms with van der Waals surface area (Å²) in [6.07, 6.45) is 0. The van der Waals surface area contributed by atoms with Crippen molar-refractivity contribution in [2.24, 2.45) is 0 Å². The molecule has 4 nitrogen and oxygen atoms in total. The van der Waals surface area contributed by atoms with Gasteiger partial charge in [0.15, 0.2) is 0 Å². The average molecular weight is 296 g/mol. The summed E-state index contributed by atoms with van der Waals surface area (Å²) in [7, 11) is 0. The van der Waals surface area contributed by atoms with E-state index in [1.807, 2.05) is 0 Å². The van der Waals surface area contributed by atoms with Crippen molar-refractivity contribution in [1.82, 2.24) is 0 Å². The molecule has 0 aliphatic rings. The van der Waals surface area contributed by atoms with Crippen LogP contribution in [0.15, 0.2) is 36.4 Å². The minimum absolute atomic E-state index is 0. The van der Waals surface area contributed by atoms with Gasteiger partial charge >= 0.3 is 115 Å². The SMILES string of the molecule is O=C(O)c1ccc2cc(C(=O)O)ccc2c1.[H-].[H-].[K+].[K+]. The molecule has 0 amide bonds. The molecule has 0 aromatic heterocycles. The van der Waals surface area contributed by atoms with Crippen molar-refractivity contribution in [2.75, 3.05) is 0 Å². The van der Waals surface area contributed by atoms with E-state index in [1.165, 1.54) is 24.3 Å². The molecule has 2 N–H and O–H groups in total. The summed E-state index contributed by atoms with van der Waals surface area (Å²) in [5.41, 5.74) is 0.381. The maximum absolute atomic E-state index is 10.7. The van der Waals surface area contributed by atoms with Crippen LogP contribution in [-0.4, -0.2) is 22.2 Å². The second-order valence-corrected chi connectivity index (χ2v) is 3.39. The van der Waals surface area contributed by atoms with Crippen LogP contribution >= 0.6 is 0 Å². The summed E-state index contributed by atoms with van der Waals surface area (Å²) in [6, 6.07) is 9.15. The Kier molecular flexibility index (Phi) is 8.67. The fraction of sp³-hybridized carbons (Fsp3) is 0. The normalized spacial score (nSPS) is 9.11. The van der Waals surface area contributed by atoms with Crippen molar-refractivity contribution >= 4 is 22.7 Å². The zero-order valence-corrected chi connectivity index (χ0v) is 16.4. The third-order valence-corrected chi connectivity index (χ3v) is 2.33. The molecule has 0 spiro atoms. The number of hydrogen-bond acceptors (Lipinski definition) is 2. The number of carboxylic acid groups (broad SMARTS) is 2. The molecule has 0 unspecified atom stereocenters. The van der Waals surface area contributed by atoms with Crippen LogP contribution in [0.5, 0.6) is 0 Å². The van der Waals surface area contributed by atoms with Gasteiger partial charge < -0.3 is 13.1 Å². The van der Waals surface area contributed by atoms with Crippen molar-refractivity contribution in [3.63, 3.8) is 0 Å². The summed E-state index contributed by atoms with van der Waals surface area (Å²) in [4.78, 5) is 21.5. The number of carboxylic acids is 2. The number of fused-ring (bicyclic) bond motifs is 1. The van der Waals surface area contributed by atoms with Gasteiger partial charge in [0, 0.05) is 0 Å². The molecule has 18 heavy (non-hydrogen) atoms. The van der Waals surface area contributed by atoms with Gasteiger partial charge in [0.1, 0.15) is 0 Å². The van der Waals surface area contributed by atoms with Gasteiger partial charge in [0.05, 0.1) is 11.1 Å². The van der Waals surface area contributed by atoms with Crippen LogP contribution in [0.25, 0.3) is 10.8 Å². The molecule has 2 aromatic rings. The average Bonchev–Trinajstić information content (AvgIpc) is 2.27. The van der Waals surface area contributed by atoms with E-state index in [4.69, 9.17) is 10.2 Å². The molecule has 0 aliphatic heterocycles. The van der Waals surface area contributed by atoms with Crippen LogP contribution in [0.1, 0.15) is 23.6 Å². The molecule has 0 fully saturated rings. The maximum atomic E-state index is 10.7. The molecule has 0 saturated heterocycles. The van der Waals surface area contributed by atoms with Crippen molar-refractivity contribution in [1.29, 1.82) is 0 Å². The molecule has 0 saturated carbocycles. The first-order valence-corrected chi connectivity index (χ1v) is 4.58. The Balaban J connectivity index is -0.000000722. The van der Waals surface area contributed by atoms with E-state index in [0.29, 0.717) is 10.8 Å². The minimum Gasteiger partial charge on any atom is -1.00 e. The molecule has 2 rings (SSSR count). The van der Waals surface area contributed by atoms with Gasteiger partial charge in [-0.2, -0.15) is 0 Å². The Morgan fingerprint density at radius 2 is 1.11 bits per heavy atom. The number of carbonyl (C=O) groups is 2. The molecule has 2 aromatic carbocycles. The van der Waals surface area contributed by atoms with Crippen molar-refractivity contribution < 1.29 is 125 Å². The van der Waals surface area contributed by atoms with E-state index in [-0.39, 0.29) is 117 Å². The second kappa shape index (κ2) is 8.26. The monoisotopic (exact) mass is 296 g/mol. The third-order valence-electron chi connectivity index (χ3n) is 2.33. The smallest absolute Gasteiger partial charge is 1.00 e. The van der Waals surface area contributed by atoms with Gasteiger partial charge in [-0.15, -0.1) is 0 Å². The fourth-order valence-electron chi connectivity index (χ4n) is 1.51. The number of benzene rings is 2. The summed E-state index contributed by atoms with van der Waals surface area (Å²) >= 11 is 0. The van der Waals surface area contributed by atoms with Gasteiger partial charge in [-0.1, -0.05) is 12.1 Å². The first-order chi connectivity index (χ1) is 7.58. The zero-order chi connectivity index (χ0) is 11.7. The topological polar surface area (TPSA) is 74.6 Å². The molecular formula is C12H10K2O4. The zero-order valence-electron chi connectivity index (χ0n) is 12.2. The van der Waals surface area contributed by atoms with Crippen LogP contribution in [0.2, 0.25) is 0 Å². The predicted octanol–water partition coefficient (Wildman–Crippen LogP) is -3.53. The molecular weight excluding hydrogens is 286 g/mol. The first kappa shape index (κ1) is 18.9. The summed E-state index contributed by atoms with van der Waals surface area (Å²) in [5, 5.41) is 19.0. The fourth-order valence-corrected chi connectivity index (χ4v) is 1.51. The van der Waals surface area contributed by atoms with E-state index < -0.39 is 11.9 Å². The van der Waals surface area contributed by atoms with Gasteiger partial charge in [0.2, 0.25) is 0 Å². The number of hydrogen-bond donors (Lipinski definition) is 2. The minimum atomic E-state index is -0.996. The largest absolute Gasteiger partial charge is 1.00 e.